The largest absolute Gasteiger partial charge is 0.436 e. The number of hydrogen-bond donors (Lipinski definition) is 1. The van der Waals surface area contributed by atoms with E-state index in [2.05, 4.69) is 24.1 Å². The highest BCUT2D eigenvalue weighted by molar-refractivity contribution is 5.44. The first-order valence-electron chi connectivity index (χ1n) is 6.98. The second kappa shape index (κ2) is 8.77. The molecule has 2 aromatic rings. The molecule has 0 bridgehead atoms. The summed E-state index contributed by atoms with van der Waals surface area (Å²) in [5.41, 5.74) is 2.00. The van der Waals surface area contributed by atoms with Crippen LogP contribution in [0, 0.1) is 12.7 Å². The number of benzene rings is 1. The number of aryl methyl sites for hydroxylation is 1. The number of halogens is 1. The van der Waals surface area contributed by atoms with Gasteiger partial charge in [0.25, 0.3) is 5.88 Å². The predicted octanol–water partition coefficient (Wildman–Crippen LogP) is 3.81. The van der Waals surface area contributed by atoms with Crippen LogP contribution in [-0.4, -0.2) is 18.4 Å². The molecule has 0 radical (unpaired) electrons. The van der Waals surface area contributed by atoms with Gasteiger partial charge in [-0.25, -0.2) is 9.37 Å². The fourth-order valence-corrected chi connectivity index (χ4v) is 1.63. The van der Waals surface area contributed by atoms with Gasteiger partial charge in [0.2, 0.25) is 6.41 Å². The Morgan fingerprint density at radius 1 is 1.27 bits per heavy atom. The lowest BCUT2D eigenvalue weighted by Gasteiger charge is -2.08. The number of pyridine rings is 1. The Hall–Kier alpha value is -2.43. The molecule has 0 spiro atoms. The van der Waals surface area contributed by atoms with Crippen molar-refractivity contribution in [2.45, 2.75) is 26.7 Å². The van der Waals surface area contributed by atoms with Crippen LogP contribution in [0.1, 0.15) is 30.9 Å². The van der Waals surface area contributed by atoms with Crippen molar-refractivity contribution in [1.29, 1.82) is 0 Å². The quantitative estimate of drug-likeness (QED) is 0.874. The Kier molecular flexibility index (Phi) is 7.02. The van der Waals surface area contributed by atoms with Crippen molar-refractivity contribution in [3.63, 3.8) is 0 Å². The van der Waals surface area contributed by atoms with Gasteiger partial charge < -0.3 is 10.1 Å². The number of carbonyl (C=O) groups excluding carboxylic acids is 1. The molecule has 1 aromatic heterocycles. The summed E-state index contributed by atoms with van der Waals surface area (Å²) in [7, 11) is 1.56. The number of rotatable bonds is 4. The van der Waals surface area contributed by atoms with Crippen LogP contribution in [0.5, 0.6) is 11.6 Å². The summed E-state index contributed by atoms with van der Waals surface area (Å²) in [6.45, 7) is 6.03. The van der Waals surface area contributed by atoms with Gasteiger partial charge in [-0.2, -0.15) is 0 Å². The highest BCUT2D eigenvalue weighted by atomic mass is 19.1. The van der Waals surface area contributed by atoms with Gasteiger partial charge in [-0.05, 0) is 42.2 Å². The summed E-state index contributed by atoms with van der Waals surface area (Å²) < 4.78 is 19.0. The van der Waals surface area contributed by atoms with E-state index < -0.39 is 5.82 Å². The molecule has 0 fully saturated rings. The van der Waals surface area contributed by atoms with E-state index in [0.29, 0.717) is 18.1 Å². The minimum atomic E-state index is -0.442. The topological polar surface area (TPSA) is 51.2 Å². The van der Waals surface area contributed by atoms with Gasteiger partial charge in [0.05, 0.1) is 0 Å². The monoisotopic (exact) mass is 304 g/mol. The molecular weight excluding hydrogens is 283 g/mol. The van der Waals surface area contributed by atoms with Gasteiger partial charge in [-0.1, -0.05) is 26.0 Å². The van der Waals surface area contributed by atoms with E-state index in [1.165, 1.54) is 11.6 Å². The van der Waals surface area contributed by atoms with Crippen molar-refractivity contribution in [3.05, 3.63) is 53.5 Å². The van der Waals surface area contributed by atoms with Crippen LogP contribution >= 0.6 is 0 Å². The van der Waals surface area contributed by atoms with Crippen LogP contribution in [0.2, 0.25) is 0 Å². The van der Waals surface area contributed by atoms with Gasteiger partial charge in [-0.3, -0.25) is 4.79 Å². The van der Waals surface area contributed by atoms with Gasteiger partial charge >= 0.3 is 0 Å². The lowest BCUT2D eigenvalue weighted by molar-refractivity contribution is -0.109. The Morgan fingerprint density at radius 3 is 2.32 bits per heavy atom. The maximum Gasteiger partial charge on any atom is 0.255 e. The zero-order valence-corrected chi connectivity index (χ0v) is 13.3. The number of amides is 1. The average molecular weight is 304 g/mol. The molecule has 0 saturated carbocycles. The molecule has 1 N–H and O–H groups in total. The molecule has 5 heteroatoms. The molecule has 0 aliphatic heterocycles. The molecule has 0 unspecified atom stereocenters. The molecule has 0 aliphatic carbocycles. The summed E-state index contributed by atoms with van der Waals surface area (Å²) >= 11 is 0. The second-order valence-electron chi connectivity index (χ2n) is 5.03. The summed E-state index contributed by atoms with van der Waals surface area (Å²) in [6.07, 6.45) is 2.21. The van der Waals surface area contributed by atoms with Crippen molar-refractivity contribution in [3.8, 4) is 11.6 Å². The molecule has 118 valence electrons. The predicted molar refractivity (Wildman–Crippen MR) is 84.7 cm³/mol. The summed E-state index contributed by atoms with van der Waals surface area (Å²) in [4.78, 5) is 13.0. The first-order valence-corrected chi connectivity index (χ1v) is 6.98. The molecule has 0 aliphatic rings. The lowest BCUT2D eigenvalue weighted by atomic mass is 10.0. The van der Waals surface area contributed by atoms with E-state index >= 15 is 0 Å². The molecular formula is C17H21FN2O2. The molecule has 2 rings (SSSR count). The number of nitrogens with zero attached hydrogens (tertiary/aromatic N) is 1. The Morgan fingerprint density at radius 2 is 1.86 bits per heavy atom. The van der Waals surface area contributed by atoms with E-state index in [9.17, 15) is 4.39 Å². The van der Waals surface area contributed by atoms with Crippen LogP contribution in [0.15, 0.2) is 36.5 Å². The van der Waals surface area contributed by atoms with E-state index in [0.717, 1.165) is 5.56 Å². The standard InChI is InChI=1S/C15H16FNO.C2H5NO/c1-10(2)12-4-6-13(7-5-12)18-15-14(16)8-11(3)9-17-15;1-3-2-4/h4-10H,1-3H3;2H,1H3,(H,3,4). The second-order valence-corrected chi connectivity index (χ2v) is 5.03. The maximum absolute atomic E-state index is 13.6. The molecule has 0 atom stereocenters. The summed E-state index contributed by atoms with van der Waals surface area (Å²) in [5, 5.41) is 2.25. The first kappa shape index (κ1) is 17.6. The molecule has 4 nitrogen and oxygen atoms in total. The maximum atomic E-state index is 13.6. The highest BCUT2D eigenvalue weighted by Gasteiger charge is 2.07. The number of aromatic nitrogens is 1. The van der Waals surface area contributed by atoms with Crippen molar-refractivity contribution < 1.29 is 13.9 Å². The minimum Gasteiger partial charge on any atom is -0.436 e. The fourth-order valence-electron chi connectivity index (χ4n) is 1.63. The Bertz CT molecular complexity index is 598. The molecule has 1 heterocycles. The molecule has 0 saturated heterocycles. The van der Waals surface area contributed by atoms with Crippen molar-refractivity contribution in [2.24, 2.45) is 0 Å². The van der Waals surface area contributed by atoms with Crippen LogP contribution in [0.25, 0.3) is 0 Å². The summed E-state index contributed by atoms with van der Waals surface area (Å²) in [6, 6.07) is 9.02. The number of carbonyl (C=O) groups is 1. The van der Waals surface area contributed by atoms with E-state index in [-0.39, 0.29) is 5.88 Å². The van der Waals surface area contributed by atoms with Crippen LogP contribution in [0.3, 0.4) is 0 Å². The van der Waals surface area contributed by atoms with Gasteiger partial charge in [-0.15, -0.1) is 0 Å². The summed E-state index contributed by atoms with van der Waals surface area (Å²) in [5.74, 6) is 0.628. The van der Waals surface area contributed by atoms with Gasteiger partial charge in [0.15, 0.2) is 5.82 Å². The fraction of sp³-hybridized carbons (Fsp3) is 0.294. The van der Waals surface area contributed by atoms with Gasteiger partial charge in [0, 0.05) is 13.2 Å². The van der Waals surface area contributed by atoms with Crippen LogP contribution in [0.4, 0.5) is 4.39 Å². The highest BCUT2D eigenvalue weighted by Crippen LogP contribution is 2.24. The normalized spacial score (nSPS) is 9.73. The van der Waals surface area contributed by atoms with E-state index in [1.807, 2.05) is 24.3 Å². The van der Waals surface area contributed by atoms with Crippen molar-refractivity contribution in [1.82, 2.24) is 10.3 Å². The van der Waals surface area contributed by atoms with Gasteiger partial charge in [0.1, 0.15) is 5.75 Å². The zero-order valence-electron chi connectivity index (χ0n) is 13.3. The van der Waals surface area contributed by atoms with Crippen LogP contribution in [-0.2, 0) is 4.79 Å². The third-order valence-corrected chi connectivity index (χ3v) is 2.82. The van der Waals surface area contributed by atoms with E-state index in [1.54, 1.807) is 20.2 Å². The SMILES string of the molecule is CNC=O.Cc1cnc(Oc2ccc(C(C)C)cc2)c(F)c1. The number of ether oxygens (including phenoxy) is 1. The molecule has 22 heavy (non-hydrogen) atoms. The van der Waals surface area contributed by atoms with Crippen molar-refractivity contribution >= 4 is 6.41 Å². The Balaban J connectivity index is 0.000000541. The average Bonchev–Trinajstić information content (AvgIpc) is 2.51. The number of nitrogens with one attached hydrogen (secondary N) is 1. The smallest absolute Gasteiger partial charge is 0.255 e. The molecule has 1 amide bonds. The minimum absolute atomic E-state index is 0.0119. The molecule has 1 aromatic carbocycles. The van der Waals surface area contributed by atoms with Crippen molar-refractivity contribution in [2.75, 3.05) is 7.05 Å². The third-order valence-electron chi connectivity index (χ3n) is 2.82. The number of hydrogen-bond acceptors (Lipinski definition) is 3. The zero-order chi connectivity index (χ0) is 16.5. The first-order chi connectivity index (χ1) is 10.5. The third kappa shape index (κ3) is 5.52. The van der Waals surface area contributed by atoms with E-state index in [4.69, 9.17) is 9.53 Å². The van der Waals surface area contributed by atoms with Crippen LogP contribution < -0.4 is 10.1 Å². The Labute approximate surface area is 130 Å². The lowest BCUT2D eigenvalue weighted by Crippen LogP contribution is -1.98.